The van der Waals surface area contributed by atoms with Crippen LogP contribution in [-0.2, 0) is 6.42 Å². The van der Waals surface area contributed by atoms with E-state index in [1.54, 1.807) is 0 Å². The lowest BCUT2D eigenvalue weighted by Gasteiger charge is -2.21. The summed E-state index contributed by atoms with van der Waals surface area (Å²) in [5.74, 6) is 0.523. The zero-order valence-electron chi connectivity index (χ0n) is 15.6. The van der Waals surface area contributed by atoms with E-state index in [0.717, 1.165) is 6.42 Å². The third kappa shape index (κ3) is 2.45. The molecule has 3 aromatic rings. The first kappa shape index (κ1) is 16.1. The van der Waals surface area contributed by atoms with Gasteiger partial charge >= 0.3 is 0 Å². The molecule has 0 amide bonds. The highest BCUT2D eigenvalue weighted by Gasteiger charge is 2.17. The van der Waals surface area contributed by atoms with Crippen molar-refractivity contribution in [2.75, 3.05) is 0 Å². The van der Waals surface area contributed by atoms with Gasteiger partial charge in [-0.15, -0.1) is 0 Å². The van der Waals surface area contributed by atoms with Crippen LogP contribution in [-0.4, -0.2) is 0 Å². The molecule has 23 heavy (non-hydrogen) atoms. The van der Waals surface area contributed by atoms with Crippen molar-refractivity contribution in [3.8, 4) is 0 Å². The fourth-order valence-electron chi connectivity index (χ4n) is 3.87. The zero-order valence-corrected chi connectivity index (χ0v) is 15.6. The van der Waals surface area contributed by atoms with Crippen LogP contribution in [0.5, 0.6) is 0 Å². The van der Waals surface area contributed by atoms with Crippen molar-refractivity contribution >= 4 is 21.5 Å². The Labute approximate surface area is 140 Å². The first-order valence-electron chi connectivity index (χ1n) is 8.81. The number of benzene rings is 3. The lowest BCUT2D eigenvalue weighted by atomic mass is 9.83. The van der Waals surface area contributed by atoms with E-state index in [2.05, 4.69) is 72.7 Å². The summed E-state index contributed by atoms with van der Waals surface area (Å²) in [6.45, 7) is 15.9. The van der Waals surface area contributed by atoms with Crippen LogP contribution in [0.3, 0.4) is 0 Å². The van der Waals surface area contributed by atoms with E-state index in [4.69, 9.17) is 0 Å². The van der Waals surface area contributed by atoms with E-state index in [0.29, 0.717) is 5.92 Å². The Morgan fingerprint density at radius 1 is 0.652 bits per heavy atom. The van der Waals surface area contributed by atoms with Crippen molar-refractivity contribution in [3.63, 3.8) is 0 Å². The van der Waals surface area contributed by atoms with Crippen LogP contribution in [0, 0.1) is 27.7 Å². The molecule has 0 saturated heterocycles. The van der Waals surface area contributed by atoms with Crippen LogP contribution in [0.1, 0.15) is 60.1 Å². The number of rotatable bonds is 2. The van der Waals surface area contributed by atoms with Gasteiger partial charge in [-0.05, 0) is 95.0 Å². The largest absolute Gasteiger partial charge is 0.0612 e. The van der Waals surface area contributed by atoms with Gasteiger partial charge < -0.3 is 0 Å². The third-order valence-electron chi connectivity index (χ3n) is 5.43. The second-order valence-electron chi connectivity index (χ2n) is 7.36. The van der Waals surface area contributed by atoms with Gasteiger partial charge in [0.05, 0.1) is 0 Å². The fraction of sp³-hybridized carbons (Fsp3) is 0.391. The van der Waals surface area contributed by atoms with E-state index in [9.17, 15) is 0 Å². The molecule has 0 aliphatic rings. The Balaban J connectivity index is 2.65. The van der Waals surface area contributed by atoms with Gasteiger partial charge in [0.1, 0.15) is 0 Å². The molecule has 3 rings (SSSR count). The second kappa shape index (κ2) is 5.67. The summed E-state index contributed by atoms with van der Waals surface area (Å²) < 4.78 is 0. The maximum Gasteiger partial charge on any atom is -0.0137 e. The van der Waals surface area contributed by atoms with E-state index in [-0.39, 0.29) is 0 Å². The normalized spacial score (nSPS) is 11.8. The maximum absolute atomic E-state index is 2.41. The van der Waals surface area contributed by atoms with Crippen molar-refractivity contribution in [2.45, 2.75) is 60.8 Å². The van der Waals surface area contributed by atoms with Crippen molar-refractivity contribution in [3.05, 3.63) is 57.6 Å². The number of hydrogen-bond acceptors (Lipinski definition) is 0. The van der Waals surface area contributed by atoms with Crippen LogP contribution in [0.4, 0.5) is 0 Å². The molecular weight excluding hydrogens is 276 g/mol. The van der Waals surface area contributed by atoms with Crippen LogP contribution in [0.25, 0.3) is 21.5 Å². The minimum atomic E-state index is 0.523. The quantitative estimate of drug-likeness (QED) is 0.451. The molecule has 0 bridgehead atoms. The van der Waals surface area contributed by atoms with Gasteiger partial charge in [0.2, 0.25) is 0 Å². The van der Waals surface area contributed by atoms with E-state index in [1.807, 2.05) is 0 Å². The molecule has 120 valence electrons. The van der Waals surface area contributed by atoms with Gasteiger partial charge in [0.25, 0.3) is 0 Å². The SMILES string of the molecule is CCc1c2cc(C)c(C)cc2c(C(C)C)c2cc(C)c(C)cc12. The minimum absolute atomic E-state index is 0.523. The molecule has 0 heterocycles. The summed E-state index contributed by atoms with van der Waals surface area (Å²) in [7, 11) is 0. The molecule has 0 N–H and O–H groups in total. The summed E-state index contributed by atoms with van der Waals surface area (Å²) >= 11 is 0. The topological polar surface area (TPSA) is 0 Å². The Hall–Kier alpha value is -1.82. The van der Waals surface area contributed by atoms with Crippen molar-refractivity contribution in [1.82, 2.24) is 0 Å². The lowest BCUT2D eigenvalue weighted by Crippen LogP contribution is -1.99. The van der Waals surface area contributed by atoms with E-state index >= 15 is 0 Å². The van der Waals surface area contributed by atoms with Gasteiger partial charge in [0, 0.05) is 0 Å². The number of hydrogen-bond donors (Lipinski definition) is 0. The van der Waals surface area contributed by atoms with Crippen LogP contribution in [0.15, 0.2) is 24.3 Å². The molecule has 0 nitrogen and oxygen atoms in total. The Kier molecular flexibility index (Phi) is 3.96. The molecule has 0 heteroatoms. The first-order chi connectivity index (χ1) is 10.8. The zero-order chi connectivity index (χ0) is 16.9. The summed E-state index contributed by atoms with van der Waals surface area (Å²) in [5.41, 5.74) is 8.59. The van der Waals surface area contributed by atoms with Crippen molar-refractivity contribution in [2.24, 2.45) is 0 Å². The average Bonchev–Trinajstić information content (AvgIpc) is 2.48. The maximum atomic E-state index is 2.41. The van der Waals surface area contributed by atoms with Crippen molar-refractivity contribution < 1.29 is 0 Å². The Morgan fingerprint density at radius 2 is 1.00 bits per heavy atom. The molecule has 0 radical (unpaired) electrons. The first-order valence-corrected chi connectivity index (χ1v) is 8.81. The Bertz CT molecular complexity index is 842. The number of fused-ring (bicyclic) bond motifs is 2. The van der Waals surface area contributed by atoms with Crippen molar-refractivity contribution in [1.29, 1.82) is 0 Å². The molecule has 0 aliphatic heterocycles. The molecule has 0 aromatic heterocycles. The predicted octanol–water partition coefficient (Wildman–Crippen LogP) is 6.91. The van der Waals surface area contributed by atoms with Gasteiger partial charge in [-0.25, -0.2) is 0 Å². The second-order valence-corrected chi connectivity index (χ2v) is 7.36. The van der Waals surface area contributed by atoms with Gasteiger partial charge in [-0.1, -0.05) is 45.0 Å². The fourth-order valence-corrected chi connectivity index (χ4v) is 3.87. The summed E-state index contributed by atoms with van der Waals surface area (Å²) in [4.78, 5) is 0. The Morgan fingerprint density at radius 3 is 1.30 bits per heavy atom. The smallest absolute Gasteiger partial charge is 0.0137 e. The summed E-state index contributed by atoms with van der Waals surface area (Å²) in [6, 6.07) is 9.63. The highest BCUT2D eigenvalue weighted by Crippen LogP contribution is 2.39. The molecule has 0 unspecified atom stereocenters. The minimum Gasteiger partial charge on any atom is -0.0612 e. The summed E-state index contributed by atoms with van der Waals surface area (Å²) in [6.07, 6.45) is 1.08. The monoisotopic (exact) mass is 304 g/mol. The highest BCUT2D eigenvalue weighted by molar-refractivity contribution is 6.07. The van der Waals surface area contributed by atoms with Crippen LogP contribution < -0.4 is 0 Å². The molecule has 0 saturated carbocycles. The van der Waals surface area contributed by atoms with Gasteiger partial charge in [0.15, 0.2) is 0 Å². The standard InChI is InChI=1S/C23H28/c1-8-18-19-9-14(4)16(6)11-21(19)23(13(2)3)22-12-17(7)15(5)10-20(18)22/h9-13H,8H2,1-7H3. The molecule has 0 aliphatic carbocycles. The predicted molar refractivity (Wildman–Crippen MR) is 104 cm³/mol. The highest BCUT2D eigenvalue weighted by atomic mass is 14.2. The van der Waals surface area contributed by atoms with Gasteiger partial charge in [-0.2, -0.15) is 0 Å². The number of aryl methyl sites for hydroxylation is 5. The molecule has 0 fully saturated rings. The third-order valence-corrected chi connectivity index (χ3v) is 5.43. The molecule has 3 aromatic carbocycles. The summed E-state index contributed by atoms with van der Waals surface area (Å²) in [5, 5.41) is 5.82. The van der Waals surface area contributed by atoms with Crippen LogP contribution >= 0.6 is 0 Å². The average molecular weight is 304 g/mol. The molecule has 0 spiro atoms. The van der Waals surface area contributed by atoms with Crippen LogP contribution in [0.2, 0.25) is 0 Å². The van der Waals surface area contributed by atoms with E-state index < -0.39 is 0 Å². The molecular formula is C23H28. The van der Waals surface area contributed by atoms with E-state index in [1.165, 1.54) is 54.9 Å². The lowest BCUT2D eigenvalue weighted by molar-refractivity contribution is 0.884. The van der Waals surface area contributed by atoms with Gasteiger partial charge in [-0.3, -0.25) is 0 Å². The molecule has 0 atom stereocenters.